The number of nitrogens with zero attached hydrogens (tertiary/aromatic N) is 2. The highest BCUT2D eigenvalue weighted by Crippen LogP contribution is 2.26. The molecule has 7 heteroatoms. The first-order valence-corrected chi connectivity index (χ1v) is 8.47. The van der Waals surface area contributed by atoms with Gasteiger partial charge in [0.15, 0.2) is 0 Å². The van der Waals surface area contributed by atoms with Crippen molar-refractivity contribution in [2.45, 2.75) is 10.9 Å². The summed E-state index contributed by atoms with van der Waals surface area (Å²) >= 11 is 6.02. The second-order valence-corrected chi connectivity index (χ2v) is 7.37. The summed E-state index contributed by atoms with van der Waals surface area (Å²) in [5, 5.41) is 0.273. The van der Waals surface area contributed by atoms with Crippen LogP contribution in [0.25, 0.3) is 0 Å². The minimum Gasteiger partial charge on any atom is -0.378 e. The topological polar surface area (TPSA) is 49.9 Å². The van der Waals surface area contributed by atoms with Gasteiger partial charge in [-0.15, -0.1) is 0 Å². The summed E-state index contributed by atoms with van der Waals surface area (Å²) < 4.78 is 32.3. The Labute approximate surface area is 124 Å². The number of ether oxygens (including phenoxy) is 1. The lowest BCUT2D eigenvalue weighted by Gasteiger charge is -2.43. The van der Waals surface area contributed by atoms with Gasteiger partial charge in [0, 0.05) is 32.2 Å². The maximum atomic E-state index is 12.7. The van der Waals surface area contributed by atoms with Crippen LogP contribution in [-0.2, 0) is 14.8 Å². The van der Waals surface area contributed by atoms with E-state index in [1.54, 1.807) is 24.3 Å². The molecular formula is C13H17ClN2O3S. The van der Waals surface area contributed by atoms with E-state index in [2.05, 4.69) is 4.90 Å². The lowest BCUT2D eigenvalue weighted by Crippen LogP contribution is -2.58. The Hall–Kier alpha value is -0.660. The molecule has 0 radical (unpaired) electrons. The standard InChI is InChI=1S/C13H17ClN2O3S/c14-12-3-1-2-4-13(12)20(17,18)16-6-5-15-7-8-19-10-11(15)9-16/h1-4,11H,5-10H2/t11-/m0/s1. The first-order valence-electron chi connectivity index (χ1n) is 6.65. The molecule has 0 spiro atoms. The largest absolute Gasteiger partial charge is 0.378 e. The average Bonchev–Trinajstić information content (AvgIpc) is 2.47. The van der Waals surface area contributed by atoms with E-state index in [4.69, 9.17) is 16.3 Å². The molecule has 5 nitrogen and oxygen atoms in total. The lowest BCUT2D eigenvalue weighted by molar-refractivity contribution is -0.0304. The molecule has 110 valence electrons. The summed E-state index contributed by atoms with van der Waals surface area (Å²) in [4.78, 5) is 2.48. The molecule has 2 heterocycles. The van der Waals surface area contributed by atoms with Crippen molar-refractivity contribution < 1.29 is 13.2 Å². The molecule has 2 aliphatic heterocycles. The highest BCUT2D eigenvalue weighted by molar-refractivity contribution is 7.89. The number of halogens is 1. The molecule has 0 bridgehead atoms. The van der Waals surface area contributed by atoms with Crippen molar-refractivity contribution in [1.29, 1.82) is 0 Å². The zero-order chi connectivity index (χ0) is 14.2. The minimum atomic E-state index is -3.52. The van der Waals surface area contributed by atoms with Crippen LogP contribution in [0.4, 0.5) is 0 Å². The number of rotatable bonds is 2. The van der Waals surface area contributed by atoms with E-state index >= 15 is 0 Å². The number of fused-ring (bicyclic) bond motifs is 1. The van der Waals surface area contributed by atoms with Gasteiger partial charge in [-0.3, -0.25) is 4.90 Å². The average molecular weight is 317 g/mol. The van der Waals surface area contributed by atoms with Gasteiger partial charge < -0.3 is 4.74 Å². The third-order valence-electron chi connectivity index (χ3n) is 3.85. The van der Waals surface area contributed by atoms with Crippen LogP contribution >= 0.6 is 11.6 Å². The van der Waals surface area contributed by atoms with Crippen molar-refractivity contribution in [2.75, 3.05) is 39.4 Å². The molecule has 0 saturated carbocycles. The minimum absolute atomic E-state index is 0.148. The second kappa shape index (κ2) is 5.61. The van der Waals surface area contributed by atoms with Crippen molar-refractivity contribution >= 4 is 21.6 Å². The SMILES string of the molecule is O=S(=O)(c1ccccc1Cl)N1CCN2CCOC[C@@H]2C1. The first kappa shape index (κ1) is 14.3. The van der Waals surface area contributed by atoms with E-state index in [9.17, 15) is 8.42 Å². The Morgan fingerprint density at radius 1 is 1.20 bits per heavy atom. The molecule has 1 aromatic rings. The molecule has 0 aromatic heterocycles. The van der Waals surface area contributed by atoms with Crippen molar-refractivity contribution in [1.82, 2.24) is 9.21 Å². The molecule has 0 N–H and O–H groups in total. The number of morpholine rings is 1. The number of hydrogen-bond donors (Lipinski definition) is 0. The molecule has 2 fully saturated rings. The quantitative estimate of drug-likeness (QED) is 0.818. The Balaban J connectivity index is 1.84. The molecule has 0 aliphatic carbocycles. The zero-order valence-corrected chi connectivity index (χ0v) is 12.6. The predicted octanol–water partition coefficient (Wildman–Crippen LogP) is 1.05. The van der Waals surface area contributed by atoms with Gasteiger partial charge in [0.05, 0.1) is 18.2 Å². The highest BCUT2D eigenvalue weighted by Gasteiger charge is 2.36. The fraction of sp³-hybridized carbons (Fsp3) is 0.538. The maximum absolute atomic E-state index is 12.7. The number of benzene rings is 1. The van der Waals surface area contributed by atoms with Crippen molar-refractivity contribution in [2.24, 2.45) is 0 Å². The maximum Gasteiger partial charge on any atom is 0.244 e. The van der Waals surface area contributed by atoms with E-state index in [1.807, 2.05) is 0 Å². The van der Waals surface area contributed by atoms with E-state index in [0.717, 1.165) is 19.7 Å². The molecule has 2 saturated heterocycles. The van der Waals surface area contributed by atoms with Crippen LogP contribution in [-0.4, -0.2) is 63.1 Å². The Morgan fingerprint density at radius 3 is 2.80 bits per heavy atom. The van der Waals surface area contributed by atoms with Gasteiger partial charge in [-0.25, -0.2) is 8.42 Å². The normalized spacial score (nSPS) is 25.4. The fourth-order valence-corrected chi connectivity index (χ4v) is 4.69. The summed E-state index contributed by atoms with van der Waals surface area (Å²) in [6.07, 6.45) is 0. The number of sulfonamides is 1. The van der Waals surface area contributed by atoms with Crippen LogP contribution in [0.15, 0.2) is 29.2 Å². The van der Waals surface area contributed by atoms with Crippen molar-refractivity contribution in [3.05, 3.63) is 29.3 Å². The van der Waals surface area contributed by atoms with Crippen molar-refractivity contribution in [3.8, 4) is 0 Å². The van der Waals surface area contributed by atoms with Crippen molar-refractivity contribution in [3.63, 3.8) is 0 Å². The summed E-state index contributed by atoms with van der Waals surface area (Å²) in [6.45, 7) is 3.92. The van der Waals surface area contributed by atoms with E-state index in [-0.39, 0.29) is 16.0 Å². The number of piperazine rings is 1. The van der Waals surface area contributed by atoms with E-state index in [0.29, 0.717) is 19.7 Å². The molecule has 3 rings (SSSR count). The second-order valence-electron chi connectivity index (χ2n) is 5.06. The van der Waals surface area contributed by atoms with Gasteiger partial charge in [0.25, 0.3) is 0 Å². The molecule has 2 aliphatic rings. The fourth-order valence-electron chi connectivity index (χ4n) is 2.73. The number of hydrogen-bond acceptors (Lipinski definition) is 4. The highest BCUT2D eigenvalue weighted by atomic mass is 35.5. The van der Waals surface area contributed by atoms with Gasteiger partial charge in [0.1, 0.15) is 4.90 Å². The monoisotopic (exact) mass is 316 g/mol. The third-order valence-corrected chi connectivity index (χ3v) is 6.22. The van der Waals surface area contributed by atoms with Gasteiger partial charge >= 0.3 is 0 Å². The zero-order valence-electron chi connectivity index (χ0n) is 11.0. The van der Waals surface area contributed by atoms with Gasteiger partial charge in [-0.05, 0) is 12.1 Å². The summed E-state index contributed by atoms with van der Waals surface area (Å²) in [7, 11) is -3.52. The van der Waals surface area contributed by atoms with E-state index in [1.165, 1.54) is 4.31 Å². The van der Waals surface area contributed by atoms with Gasteiger partial charge in [-0.2, -0.15) is 4.31 Å². The van der Waals surface area contributed by atoms with Crippen LogP contribution < -0.4 is 0 Å². The van der Waals surface area contributed by atoms with Crippen LogP contribution in [0.2, 0.25) is 5.02 Å². The third kappa shape index (κ3) is 2.58. The van der Waals surface area contributed by atoms with Crippen LogP contribution in [0.1, 0.15) is 0 Å². The van der Waals surface area contributed by atoms with E-state index < -0.39 is 10.0 Å². The van der Waals surface area contributed by atoms with Crippen LogP contribution in [0.3, 0.4) is 0 Å². The van der Waals surface area contributed by atoms with Gasteiger partial charge in [-0.1, -0.05) is 23.7 Å². The van der Waals surface area contributed by atoms with Gasteiger partial charge in [0.2, 0.25) is 10.0 Å². The Morgan fingerprint density at radius 2 is 2.00 bits per heavy atom. The molecule has 0 unspecified atom stereocenters. The molecular weight excluding hydrogens is 300 g/mol. The first-order chi connectivity index (χ1) is 9.59. The van der Waals surface area contributed by atoms with Crippen LogP contribution in [0, 0.1) is 0 Å². The van der Waals surface area contributed by atoms with Crippen LogP contribution in [0.5, 0.6) is 0 Å². The molecule has 1 aromatic carbocycles. The summed E-state index contributed by atoms with van der Waals surface area (Å²) in [5.41, 5.74) is 0. The molecule has 1 atom stereocenters. The molecule has 20 heavy (non-hydrogen) atoms. The smallest absolute Gasteiger partial charge is 0.244 e. The molecule has 0 amide bonds. The Bertz CT molecular complexity index is 593. The summed E-state index contributed by atoms with van der Waals surface area (Å²) in [6, 6.07) is 6.73. The lowest BCUT2D eigenvalue weighted by atomic mass is 10.2. The predicted molar refractivity (Wildman–Crippen MR) is 76.4 cm³/mol. The summed E-state index contributed by atoms with van der Waals surface area (Å²) in [5.74, 6) is 0. The Kier molecular flexibility index (Phi) is 4.01.